The summed E-state index contributed by atoms with van der Waals surface area (Å²) < 4.78 is 54.7. The summed E-state index contributed by atoms with van der Waals surface area (Å²) in [5, 5.41) is 1.85. The van der Waals surface area contributed by atoms with Crippen LogP contribution in [0.1, 0.15) is 0 Å². The van der Waals surface area contributed by atoms with Crippen molar-refractivity contribution < 1.29 is 22.4 Å². The largest absolute Gasteiger partial charge is 0.320 e. The molecule has 24 heavy (non-hydrogen) atoms. The maximum absolute atomic E-state index is 13.5. The molecule has 0 aliphatic carbocycles. The molecular formula is C15H8F4N2OS2. The summed E-state index contributed by atoms with van der Waals surface area (Å²) in [6, 6.07) is 7.45. The molecule has 0 spiro atoms. The van der Waals surface area contributed by atoms with E-state index in [1.165, 1.54) is 11.3 Å². The minimum Gasteiger partial charge on any atom is -0.320 e. The van der Waals surface area contributed by atoms with E-state index in [1.54, 1.807) is 0 Å². The van der Waals surface area contributed by atoms with E-state index >= 15 is 0 Å². The average Bonchev–Trinajstić information content (AvgIpc) is 2.98. The average molecular weight is 372 g/mol. The molecule has 1 amide bonds. The van der Waals surface area contributed by atoms with Crippen LogP contribution in [0.2, 0.25) is 0 Å². The van der Waals surface area contributed by atoms with E-state index in [-0.39, 0.29) is 11.8 Å². The number of aromatic nitrogens is 1. The number of para-hydroxylation sites is 1. The first-order valence-electron chi connectivity index (χ1n) is 6.57. The van der Waals surface area contributed by atoms with Crippen molar-refractivity contribution in [3.05, 3.63) is 53.6 Å². The highest BCUT2D eigenvalue weighted by atomic mass is 32.2. The monoisotopic (exact) mass is 372 g/mol. The molecule has 0 aliphatic heterocycles. The van der Waals surface area contributed by atoms with Gasteiger partial charge in [-0.25, -0.2) is 22.5 Å². The molecule has 9 heteroatoms. The number of benzene rings is 2. The zero-order chi connectivity index (χ0) is 17.3. The molecular weight excluding hydrogens is 364 g/mol. The Morgan fingerprint density at radius 2 is 1.79 bits per heavy atom. The molecule has 1 heterocycles. The number of nitrogens with zero attached hydrogens (tertiary/aromatic N) is 1. The molecule has 0 saturated carbocycles. The van der Waals surface area contributed by atoms with E-state index in [4.69, 9.17) is 0 Å². The van der Waals surface area contributed by atoms with Crippen LogP contribution >= 0.6 is 23.1 Å². The fourth-order valence-corrected chi connectivity index (χ4v) is 3.77. The van der Waals surface area contributed by atoms with Crippen molar-refractivity contribution in [2.75, 3.05) is 11.1 Å². The molecule has 0 radical (unpaired) electrons. The van der Waals surface area contributed by atoms with Gasteiger partial charge < -0.3 is 5.32 Å². The molecule has 1 N–H and O–H groups in total. The Hall–Kier alpha value is -2.13. The number of fused-ring (bicyclic) bond motifs is 1. The Bertz CT molecular complexity index is 870. The maximum Gasteiger partial charge on any atom is 0.234 e. The number of amides is 1. The summed E-state index contributed by atoms with van der Waals surface area (Å²) >= 11 is 2.42. The van der Waals surface area contributed by atoms with Crippen molar-refractivity contribution in [3.8, 4) is 0 Å². The lowest BCUT2D eigenvalue weighted by atomic mass is 10.2. The van der Waals surface area contributed by atoms with Crippen molar-refractivity contribution in [2.45, 2.75) is 4.34 Å². The Morgan fingerprint density at radius 1 is 1.12 bits per heavy atom. The third kappa shape index (κ3) is 3.36. The van der Waals surface area contributed by atoms with E-state index in [1.807, 2.05) is 29.6 Å². The minimum atomic E-state index is -1.65. The lowest BCUT2D eigenvalue weighted by molar-refractivity contribution is -0.113. The molecule has 0 bridgehead atoms. The molecule has 124 valence electrons. The van der Waals surface area contributed by atoms with Crippen LogP contribution in [0.4, 0.5) is 23.2 Å². The number of carbonyl (C=O) groups excluding carboxylic acids is 1. The standard InChI is InChI=1S/C15H8F4N2OS2/c16-7-5-8(17)13(19)14(12(7)18)21-11(22)6-23-15-20-9-3-1-2-4-10(9)24-15/h1-5H,6H2,(H,21,22). The van der Waals surface area contributed by atoms with Gasteiger partial charge in [0.1, 0.15) is 5.69 Å². The van der Waals surface area contributed by atoms with Crippen LogP contribution in [0, 0.1) is 23.3 Å². The molecule has 0 fully saturated rings. The van der Waals surface area contributed by atoms with Gasteiger partial charge in [-0.05, 0) is 12.1 Å². The second-order valence-electron chi connectivity index (χ2n) is 4.63. The summed E-state index contributed by atoms with van der Waals surface area (Å²) in [4.78, 5) is 16.1. The molecule has 3 rings (SSSR count). The van der Waals surface area contributed by atoms with Gasteiger partial charge in [0, 0.05) is 6.07 Å². The molecule has 0 saturated heterocycles. The van der Waals surface area contributed by atoms with E-state index in [2.05, 4.69) is 4.98 Å². The van der Waals surface area contributed by atoms with Crippen LogP contribution in [0.15, 0.2) is 34.7 Å². The molecule has 0 atom stereocenters. The fourth-order valence-electron chi connectivity index (χ4n) is 1.90. The van der Waals surface area contributed by atoms with E-state index in [9.17, 15) is 22.4 Å². The zero-order valence-corrected chi connectivity index (χ0v) is 13.4. The number of hydrogen-bond donors (Lipinski definition) is 1. The van der Waals surface area contributed by atoms with Gasteiger partial charge in [0.05, 0.1) is 16.0 Å². The molecule has 0 aliphatic rings. The van der Waals surface area contributed by atoms with Crippen molar-refractivity contribution in [1.82, 2.24) is 4.98 Å². The number of thiazole rings is 1. The number of nitrogens with one attached hydrogen (secondary N) is 1. The number of anilines is 1. The zero-order valence-electron chi connectivity index (χ0n) is 11.8. The van der Waals surface area contributed by atoms with E-state index < -0.39 is 34.9 Å². The van der Waals surface area contributed by atoms with Crippen LogP contribution in [0.25, 0.3) is 10.2 Å². The third-order valence-corrected chi connectivity index (χ3v) is 5.16. The Morgan fingerprint density at radius 3 is 2.46 bits per heavy atom. The summed E-state index contributed by atoms with van der Waals surface area (Å²) in [7, 11) is 0. The molecule has 0 unspecified atom stereocenters. The highest BCUT2D eigenvalue weighted by Crippen LogP contribution is 2.30. The van der Waals surface area contributed by atoms with E-state index in [0.29, 0.717) is 4.34 Å². The maximum atomic E-state index is 13.5. The predicted molar refractivity (Wildman–Crippen MR) is 85.2 cm³/mol. The van der Waals surface area contributed by atoms with Crippen LogP contribution in [-0.2, 0) is 4.79 Å². The van der Waals surface area contributed by atoms with Gasteiger partial charge in [0.25, 0.3) is 0 Å². The molecule has 2 aromatic carbocycles. The Balaban J connectivity index is 1.70. The minimum absolute atomic E-state index is 0.0796. The van der Waals surface area contributed by atoms with Gasteiger partial charge in [-0.15, -0.1) is 11.3 Å². The van der Waals surface area contributed by atoms with Crippen LogP contribution in [-0.4, -0.2) is 16.6 Å². The summed E-state index contributed by atoms with van der Waals surface area (Å²) in [6.45, 7) is 0. The van der Waals surface area contributed by atoms with Crippen LogP contribution in [0.3, 0.4) is 0 Å². The summed E-state index contributed by atoms with van der Waals surface area (Å²) in [5.74, 6) is -7.47. The lowest BCUT2D eigenvalue weighted by Crippen LogP contribution is -2.17. The first kappa shape index (κ1) is 16.7. The summed E-state index contributed by atoms with van der Waals surface area (Å²) in [6.07, 6.45) is 0. The SMILES string of the molecule is O=C(CSc1nc2ccccc2s1)Nc1c(F)c(F)cc(F)c1F. The fraction of sp³-hybridized carbons (Fsp3) is 0.0667. The van der Waals surface area contributed by atoms with Gasteiger partial charge in [-0.2, -0.15) is 0 Å². The third-order valence-electron chi connectivity index (χ3n) is 2.98. The lowest BCUT2D eigenvalue weighted by Gasteiger charge is -2.08. The number of hydrogen-bond acceptors (Lipinski definition) is 4. The summed E-state index contributed by atoms with van der Waals surface area (Å²) in [5.41, 5.74) is -0.364. The normalized spacial score (nSPS) is 11.0. The molecule has 3 nitrogen and oxygen atoms in total. The number of thioether (sulfide) groups is 1. The second-order valence-corrected chi connectivity index (χ2v) is 6.88. The van der Waals surface area contributed by atoms with Crippen molar-refractivity contribution >= 4 is 44.9 Å². The van der Waals surface area contributed by atoms with Gasteiger partial charge in [0.2, 0.25) is 5.91 Å². The number of rotatable bonds is 4. The topological polar surface area (TPSA) is 42.0 Å². The second kappa shape index (κ2) is 6.78. The van der Waals surface area contributed by atoms with Crippen LogP contribution < -0.4 is 5.32 Å². The smallest absolute Gasteiger partial charge is 0.234 e. The quantitative estimate of drug-likeness (QED) is 0.414. The first-order valence-corrected chi connectivity index (χ1v) is 8.37. The van der Waals surface area contributed by atoms with Gasteiger partial charge in [-0.1, -0.05) is 23.9 Å². The van der Waals surface area contributed by atoms with Gasteiger partial charge in [0.15, 0.2) is 27.6 Å². The van der Waals surface area contributed by atoms with Crippen LogP contribution in [0.5, 0.6) is 0 Å². The highest BCUT2D eigenvalue weighted by molar-refractivity contribution is 8.01. The van der Waals surface area contributed by atoms with Gasteiger partial charge >= 0.3 is 0 Å². The van der Waals surface area contributed by atoms with Gasteiger partial charge in [-0.3, -0.25) is 4.79 Å². The first-order chi connectivity index (χ1) is 11.5. The van der Waals surface area contributed by atoms with E-state index in [0.717, 1.165) is 22.0 Å². The number of carbonyl (C=O) groups is 1. The Kier molecular flexibility index (Phi) is 4.72. The van der Waals surface area contributed by atoms with Crippen molar-refractivity contribution in [1.29, 1.82) is 0 Å². The number of halogens is 4. The highest BCUT2D eigenvalue weighted by Gasteiger charge is 2.21. The van der Waals surface area contributed by atoms with Crippen molar-refractivity contribution in [2.24, 2.45) is 0 Å². The Labute approximate surface area is 141 Å². The molecule has 1 aromatic heterocycles. The molecule has 3 aromatic rings. The van der Waals surface area contributed by atoms with Crippen molar-refractivity contribution in [3.63, 3.8) is 0 Å². The predicted octanol–water partition coefficient (Wildman–Crippen LogP) is 4.58.